The third-order valence-electron chi connectivity index (χ3n) is 5.61. The molecule has 1 aromatic heterocycles. The quantitative estimate of drug-likeness (QED) is 0.811. The highest BCUT2D eigenvalue weighted by molar-refractivity contribution is 5.92. The summed E-state index contributed by atoms with van der Waals surface area (Å²) in [5, 5.41) is 0. The Kier molecular flexibility index (Phi) is 5.18. The summed E-state index contributed by atoms with van der Waals surface area (Å²) in [7, 11) is 3.81. The lowest BCUT2D eigenvalue weighted by atomic mass is 9.94. The van der Waals surface area contributed by atoms with Gasteiger partial charge in [-0.05, 0) is 43.3 Å². The molecule has 2 aliphatic rings. The van der Waals surface area contributed by atoms with Crippen molar-refractivity contribution in [3.63, 3.8) is 0 Å². The second-order valence-electron chi connectivity index (χ2n) is 7.43. The van der Waals surface area contributed by atoms with E-state index in [-0.39, 0.29) is 11.9 Å². The summed E-state index contributed by atoms with van der Waals surface area (Å²) >= 11 is 0. The molecular weight excluding hydrogens is 342 g/mol. The molecule has 0 unspecified atom stereocenters. The number of carbonyl (C=O) groups excluding carboxylic acids is 1. The van der Waals surface area contributed by atoms with E-state index >= 15 is 0 Å². The van der Waals surface area contributed by atoms with Crippen molar-refractivity contribution >= 4 is 5.91 Å². The van der Waals surface area contributed by atoms with Crippen LogP contribution in [-0.2, 0) is 6.54 Å². The second kappa shape index (κ2) is 7.74. The van der Waals surface area contributed by atoms with Gasteiger partial charge in [0.05, 0.1) is 19.7 Å². The van der Waals surface area contributed by atoms with Gasteiger partial charge in [0.1, 0.15) is 11.5 Å². The predicted molar refractivity (Wildman–Crippen MR) is 103 cm³/mol. The van der Waals surface area contributed by atoms with Crippen molar-refractivity contribution in [3.8, 4) is 5.75 Å². The molecule has 0 N–H and O–H groups in total. The monoisotopic (exact) mass is 369 g/mol. The average Bonchev–Trinajstić information content (AvgIpc) is 3.11. The molecule has 6 heteroatoms. The van der Waals surface area contributed by atoms with Crippen LogP contribution in [0.5, 0.6) is 5.75 Å². The lowest BCUT2D eigenvalue weighted by Gasteiger charge is -2.40. The van der Waals surface area contributed by atoms with Crippen LogP contribution in [0.4, 0.5) is 0 Å². The number of methoxy groups -OCH3 is 1. The Labute approximate surface area is 160 Å². The van der Waals surface area contributed by atoms with Gasteiger partial charge in [-0.3, -0.25) is 9.69 Å². The van der Waals surface area contributed by atoms with Crippen molar-refractivity contribution in [1.82, 2.24) is 14.7 Å². The summed E-state index contributed by atoms with van der Waals surface area (Å²) in [5.74, 6) is 2.09. The van der Waals surface area contributed by atoms with Gasteiger partial charge < -0.3 is 19.0 Å². The van der Waals surface area contributed by atoms with E-state index in [0.717, 1.165) is 62.8 Å². The average molecular weight is 369 g/mol. The first kappa shape index (κ1) is 18.1. The SMILES string of the molecule is COc1cccc([C@H]2CCN2C(=O)c2ccc(CN3CCN(C)CC3)o2)c1. The van der Waals surface area contributed by atoms with Crippen LogP contribution in [0.15, 0.2) is 40.8 Å². The van der Waals surface area contributed by atoms with Crippen molar-refractivity contribution in [2.75, 3.05) is 46.9 Å². The molecule has 4 rings (SSSR count). The van der Waals surface area contributed by atoms with Gasteiger partial charge in [-0.2, -0.15) is 0 Å². The summed E-state index contributed by atoms with van der Waals surface area (Å²) in [5.41, 5.74) is 1.11. The highest BCUT2D eigenvalue weighted by Gasteiger charge is 2.35. The van der Waals surface area contributed by atoms with Crippen molar-refractivity contribution < 1.29 is 13.9 Å². The molecule has 0 radical (unpaired) electrons. The Morgan fingerprint density at radius 2 is 1.96 bits per heavy atom. The molecule has 2 saturated heterocycles. The van der Waals surface area contributed by atoms with Crippen LogP contribution in [-0.4, -0.2) is 67.5 Å². The van der Waals surface area contributed by atoms with Gasteiger partial charge >= 0.3 is 0 Å². The Morgan fingerprint density at radius 1 is 1.15 bits per heavy atom. The maximum atomic E-state index is 12.9. The van der Waals surface area contributed by atoms with Gasteiger partial charge in [-0.15, -0.1) is 0 Å². The molecule has 2 aromatic rings. The normalized spacial score (nSPS) is 21.1. The molecule has 144 valence electrons. The van der Waals surface area contributed by atoms with Crippen LogP contribution >= 0.6 is 0 Å². The third kappa shape index (κ3) is 3.87. The minimum Gasteiger partial charge on any atom is -0.497 e. The molecule has 27 heavy (non-hydrogen) atoms. The number of nitrogens with zero attached hydrogens (tertiary/aromatic N) is 3. The molecule has 6 nitrogen and oxygen atoms in total. The minimum absolute atomic E-state index is 0.0290. The molecular formula is C21H27N3O3. The Morgan fingerprint density at radius 3 is 2.67 bits per heavy atom. The maximum absolute atomic E-state index is 12.9. The number of benzene rings is 1. The first-order valence-corrected chi connectivity index (χ1v) is 9.58. The second-order valence-corrected chi connectivity index (χ2v) is 7.43. The fraction of sp³-hybridized carbons (Fsp3) is 0.476. The molecule has 1 aromatic carbocycles. The molecule has 0 saturated carbocycles. The van der Waals surface area contributed by atoms with Crippen LogP contribution in [0.1, 0.15) is 34.3 Å². The van der Waals surface area contributed by atoms with E-state index in [1.165, 1.54) is 0 Å². The Hall–Kier alpha value is -2.31. The highest BCUT2D eigenvalue weighted by Crippen LogP contribution is 2.36. The fourth-order valence-corrected chi connectivity index (χ4v) is 3.77. The van der Waals surface area contributed by atoms with Crippen molar-refractivity contribution in [2.24, 2.45) is 0 Å². The topological polar surface area (TPSA) is 49.2 Å². The number of ether oxygens (including phenoxy) is 1. The van der Waals surface area contributed by atoms with Crippen molar-refractivity contribution in [1.29, 1.82) is 0 Å². The molecule has 1 atom stereocenters. The van der Waals surface area contributed by atoms with E-state index in [1.54, 1.807) is 7.11 Å². The first-order chi connectivity index (χ1) is 13.1. The fourth-order valence-electron chi connectivity index (χ4n) is 3.77. The number of likely N-dealkylation sites (N-methyl/N-ethyl adjacent to an activating group) is 1. The highest BCUT2D eigenvalue weighted by atomic mass is 16.5. The molecule has 0 bridgehead atoms. The van der Waals surface area contributed by atoms with E-state index in [0.29, 0.717) is 5.76 Å². The van der Waals surface area contributed by atoms with Crippen LogP contribution < -0.4 is 4.74 Å². The maximum Gasteiger partial charge on any atom is 0.290 e. The molecule has 2 fully saturated rings. The summed E-state index contributed by atoms with van der Waals surface area (Å²) in [4.78, 5) is 19.5. The van der Waals surface area contributed by atoms with Crippen LogP contribution in [0.25, 0.3) is 0 Å². The van der Waals surface area contributed by atoms with Gasteiger partial charge in [0.2, 0.25) is 0 Å². The van der Waals surface area contributed by atoms with Gasteiger partial charge in [0.15, 0.2) is 5.76 Å². The molecule has 0 spiro atoms. The molecule has 1 amide bonds. The van der Waals surface area contributed by atoms with Crippen molar-refractivity contribution in [2.45, 2.75) is 19.0 Å². The number of hydrogen-bond donors (Lipinski definition) is 0. The number of amides is 1. The molecule has 2 aliphatic heterocycles. The number of hydrogen-bond acceptors (Lipinski definition) is 5. The Bertz CT molecular complexity index is 795. The molecule has 0 aliphatic carbocycles. The third-order valence-corrected chi connectivity index (χ3v) is 5.61. The summed E-state index contributed by atoms with van der Waals surface area (Å²) < 4.78 is 11.2. The summed E-state index contributed by atoms with van der Waals surface area (Å²) in [6.45, 7) is 5.73. The zero-order valence-corrected chi connectivity index (χ0v) is 16.1. The lowest BCUT2D eigenvalue weighted by Crippen LogP contribution is -2.45. The summed E-state index contributed by atoms with van der Waals surface area (Å²) in [6.07, 6.45) is 0.966. The van der Waals surface area contributed by atoms with E-state index in [1.807, 2.05) is 41.3 Å². The smallest absolute Gasteiger partial charge is 0.290 e. The number of rotatable bonds is 5. The van der Waals surface area contributed by atoms with E-state index in [2.05, 4.69) is 16.8 Å². The number of likely N-dealkylation sites (tertiary alicyclic amines) is 1. The van der Waals surface area contributed by atoms with E-state index in [9.17, 15) is 4.79 Å². The predicted octanol–water partition coefficient (Wildman–Crippen LogP) is 2.62. The molecule has 3 heterocycles. The van der Waals surface area contributed by atoms with Gasteiger partial charge in [-0.1, -0.05) is 12.1 Å². The lowest BCUT2D eigenvalue weighted by molar-refractivity contribution is 0.0423. The van der Waals surface area contributed by atoms with Crippen LogP contribution in [0, 0.1) is 0 Å². The zero-order chi connectivity index (χ0) is 18.8. The van der Waals surface area contributed by atoms with Gasteiger partial charge in [0.25, 0.3) is 5.91 Å². The standard InChI is InChI=1S/C21H27N3O3/c1-22-10-12-23(13-11-22)15-18-6-7-20(27-18)21(25)24-9-8-19(24)16-4-3-5-17(14-16)26-2/h3-7,14,19H,8-13,15H2,1-2H3/t19-/m1/s1. The number of piperazine rings is 1. The van der Waals surface area contributed by atoms with Crippen LogP contribution in [0.3, 0.4) is 0 Å². The van der Waals surface area contributed by atoms with Gasteiger partial charge in [-0.25, -0.2) is 0 Å². The zero-order valence-electron chi connectivity index (χ0n) is 16.1. The van der Waals surface area contributed by atoms with Crippen LogP contribution in [0.2, 0.25) is 0 Å². The minimum atomic E-state index is -0.0290. The van der Waals surface area contributed by atoms with Gasteiger partial charge in [0, 0.05) is 32.7 Å². The van der Waals surface area contributed by atoms with E-state index < -0.39 is 0 Å². The largest absolute Gasteiger partial charge is 0.497 e. The van der Waals surface area contributed by atoms with Crippen molar-refractivity contribution in [3.05, 3.63) is 53.5 Å². The number of carbonyl (C=O) groups is 1. The summed E-state index contributed by atoms with van der Waals surface area (Å²) in [6, 6.07) is 11.8. The number of furan rings is 1. The first-order valence-electron chi connectivity index (χ1n) is 9.58. The Balaban J connectivity index is 1.40. The van der Waals surface area contributed by atoms with E-state index in [4.69, 9.17) is 9.15 Å².